The topological polar surface area (TPSA) is 0 Å². The maximum absolute atomic E-state index is 2.57. The van der Waals surface area contributed by atoms with E-state index in [4.69, 9.17) is 0 Å². The van der Waals surface area contributed by atoms with Crippen LogP contribution in [0.3, 0.4) is 0 Å². The van der Waals surface area contributed by atoms with Crippen LogP contribution in [0.1, 0.15) is 6.92 Å². The second-order valence-electron chi connectivity index (χ2n) is 0.455. The number of hydrogen-bond donors (Lipinski definition) is 0. The lowest BCUT2D eigenvalue weighted by atomic mass is 11.0. The molecule has 0 aromatic heterocycles. The Hall–Kier alpha value is 0.780. The fraction of sp³-hybridized carbons (Fsp3) is 1.00. The van der Waals surface area contributed by atoms with Crippen LogP contribution in [0.25, 0.3) is 0 Å². The highest BCUT2D eigenvalue weighted by Crippen LogP contribution is 2.06. The van der Waals surface area contributed by atoms with Crippen LogP contribution in [0.15, 0.2) is 0 Å². The van der Waals surface area contributed by atoms with Crippen molar-refractivity contribution in [3.8, 4) is 0 Å². The molecule has 0 aliphatic rings. The summed E-state index contributed by atoms with van der Waals surface area (Å²) in [6, 6.07) is 0. The molecule has 26 valence electrons. The van der Waals surface area contributed by atoms with Crippen molar-refractivity contribution in [3.63, 3.8) is 0 Å². The van der Waals surface area contributed by atoms with Gasteiger partial charge in [0.2, 0.25) is 0 Å². The van der Waals surface area contributed by atoms with Crippen molar-refractivity contribution in [2.75, 3.05) is 5.75 Å². The van der Waals surface area contributed by atoms with Crippen molar-refractivity contribution in [2.45, 2.75) is 6.92 Å². The van der Waals surface area contributed by atoms with E-state index < -0.39 is 0 Å². The molecule has 4 heavy (non-hydrogen) atoms. The Bertz CT molecular complexity index is 8.00. The van der Waals surface area contributed by atoms with Gasteiger partial charge in [-0.2, -0.15) is 0 Å². The first kappa shape index (κ1) is 4.78. The molecule has 0 rings (SSSR count). The van der Waals surface area contributed by atoms with Gasteiger partial charge in [0.1, 0.15) is 0 Å². The molecule has 0 aromatic rings. The van der Waals surface area contributed by atoms with Crippen LogP contribution in [-0.2, 0) is 0 Å². The molecule has 0 spiro atoms. The zero-order valence-corrected chi connectivity index (χ0v) is 4.66. The second kappa shape index (κ2) is 3.78. The van der Waals surface area contributed by atoms with Crippen LogP contribution in [-0.4, -0.2) is 5.75 Å². The smallest absolute Gasteiger partial charge is 0.00594 e. The Labute approximate surface area is 33.3 Å². The zero-order valence-electron chi connectivity index (χ0n) is 2.69. The summed E-state index contributed by atoms with van der Waals surface area (Å²) in [5.41, 5.74) is 0. The number of rotatable bonds is 1. The van der Waals surface area contributed by atoms with Gasteiger partial charge in [-0.25, -0.2) is 0 Å². The van der Waals surface area contributed by atoms with Gasteiger partial charge in [0.25, 0.3) is 0 Å². The third-order valence-electron chi connectivity index (χ3n) is 0.167. The molecule has 0 aliphatic heterocycles. The van der Waals surface area contributed by atoms with Gasteiger partial charge in [0, 0.05) is 0 Å². The Morgan fingerprint density at radius 2 is 2.25 bits per heavy atom. The maximum Gasteiger partial charge on any atom is -0.00594 e. The standard InChI is InChI=1S/C2H7PS/c1-2-4-3/h2-3H2,1H3. The molecule has 0 aliphatic carbocycles. The average Bonchev–Trinajstić information content (AvgIpc) is 1.37. The normalized spacial score (nSPS) is 7.50. The summed E-state index contributed by atoms with van der Waals surface area (Å²) in [7, 11) is 2.57. The van der Waals surface area contributed by atoms with E-state index in [2.05, 4.69) is 15.4 Å². The molecule has 0 radical (unpaired) electrons. The molecule has 0 fully saturated rings. The molecule has 0 saturated heterocycles. The van der Waals surface area contributed by atoms with Crippen molar-refractivity contribution in [1.29, 1.82) is 0 Å². The van der Waals surface area contributed by atoms with Crippen molar-refractivity contribution in [2.24, 2.45) is 0 Å². The lowest BCUT2D eigenvalue weighted by molar-refractivity contribution is 1.54. The van der Waals surface area contributed by atoms with Gasteiger partial charge in [-0.3, -0.25) is 0 Å². The van der Waals surface area contributed by atoms with Crippen LogP contribution in [0.5, 0.6) is 0 Å². The van der Waals surface area contributed by atoms with Gasteiger partial charge in [0.15, 0.2) is 0 Å². The monoisotopic (exact) mass is 94.0 g/mol. The van der Waals surface area contributed by atoms with Crippen LogP contribution >= 0.6 is 19.8 Å². The fourth-order valence-corrected chi connectivity index (χ4v) is 0. The van der Waals surface area contributed by atoms with Crippen LogP contribution in [0.2, 0.25) is 0 Å². The van der Waals surface area contributed by atoms with E-state index in [-0.39, 0.29) is 0 Å². The van der Waals surface area contributed by atoms with E-state index >= 15 is 0 Å². The third kappa shape index (κ3) is 2.78. The predicted octanol–water partition coefficient (Wildman–Crippen LogP) is 1.53. The van der Waals surface area contributed by atoms with E-state index in [0.717, 1.165) is 0 Å². The molecule has 0 bridgehead atoms. The summed E-state index contributed by atoms with van der Waals surface area (Å²) < 4.78 is 0. The SMILES string of the molecule is CCSP. The van der Waals surface area contributed by atoms with Crippen molar-refractivity contribution in [3.05, 3.63) is 0 Å². The van der Waals surface area contributed by atoms with E-state index in [1.54, 1.807) is 11.4 Å². The second-order valence-corrected chi connectivity index (χ2v) is 2.37. The van der Waals surface area contributed by atoms with E-state index in [0.29, 0.717) is 0 Å². The quantitative estimate of drug-likeness (QED) is 0.444. The largest absolute Gasteiger partial charge is 0.141 e. The lowest BCUT2D eigenvalue weighted by Gasteiger charge is -1.69. The third-order valence-corrected chi connectivity index (χ3v) is 1.50. The van der Waals surface area contributed by atoms with Crippen LogP contribution < -0.4 is 0 Å². The molecule has 0 aromatic carbocycles. The molecule has 1 atom stereocenters. The molecular weight excluding hydrogens is 87.1 g/mol. The first-order valence-electron chi connectivity index (χ1n) is 1.23. The molecule has 0 nitrogen and oxygen atoms in total. The Morgan fingerprint density at radius 3 is 2.25 bits per heavy atom. The number of hydrogen-bond acceptors (Lipinski definition) is 1. The summed E-state index contributed by atoms with van der Waals surface area (Å²) in [4.78, 5) is 0. The first-order valence-corrected chi connectivity index (χ1v) is 3.69. The van der Waals surface area contributed by atoms with Gasteiger partial charge in [-0.15, -0.1) is 11.4 Å². The molecule has 1 unspecified atom stereocenters. The van der Waals surface area contributed by atoms with Crippen molar-refractivity contribution >= 4 is 19.8 Å². The molecule has 2 heteroatoms. The Morgan fingerprint density at radius 1 is 2.00 bits per heavy atom. The van der Waals surface area contributed by atoms with Gasteiger partial charge in [-0.05, 0) is 5.75 Å². The van der Waals surface area contributed by atoms with Crippen LogP contribution in [0.4, 0.5) is 0 Å². The summed E-state index contributed by atoms with van der Waals surface area (Å²) in [6.07, 6.45) is 0. The first-order chi connectivity index (χ1) is 1.91. The zero-order chi connectivity index (χ0) is 3.41. The van der Waals surface area contributed by atoms with Crippen molar-refractivity contribution in [1.82, 2.24) is 0 Å². The summed E-state index contributed by atoms with van der Waals surface area (Å²) >= 11 is 1.77. The highest BCUT2D eigenvalue weighted by Gasteiger charge is 1.55. The highest BCUT2D eigenvalue weighted by atomic mass is 32.7. The van der Waals surface area contributed by atoms with Crippen molar-refractivity contribution < 1.29 is 0 Å². The Balaban J connectivity index is 1.97. The van der Waals surface area contributed by atoms with Gasteiger partial charge >= 0.3 is 0 Å². The van der Waals surface area contributed by atoms with E-state index in [9.17, 15) is 0 Å². The fourth-order valence-electron chi connectivity index (χ4n) is 0. The summed E-state index contributed by atoms with van der Waals surface area (Å²) in [6.45, 7) is 2.12. The van der Waals surface area contributed by atoms with E-state index in [1.165, 1.54) is 5.75 Å². The molecule has 0 saturated carbocycles. The minimum absolute atomic E-state index is 1.20. The summed E-state index contributed by atoms with van der Waals surface area (Å²) in [5, 5.41) is 0. The van der Waals surface area contributed by atoms with E-state index in [1.807, 2.05) is 0 Å². The van der Waals surface area contributed by atoms with Crippen LogP contribution in [0, 0.1) is 0 Å². The van der Waals surface area contributed by atoms with Gasteiger partial charge < -0.3 is 0 Å². The molecular formula is C2H7PS. The summed E-state index contributed by atoms with van der Waals surface area (Å²) in [5.74, 6) is 1.20. The Kier molecular flexibility index (Phi) is 4.52. The lowest BCUT2D eigenvalue weighted by Crippen LogP contribution is -1.44. The average molecular weight is 94.1 g/mol. The van der Waals surface area contributed by atoms with Gasteiger partial charge in [0.05, 0.1) is 0 Å². The maximum atomic E-state index is 2.57. The predicted molar refractivity (Wildman–Crippen MR) is 27.8 cm³/mol. The molecule has 0 heterocycles. The van der Waals surface area contributed by atoms with Gasteiger partial charge in [-0.1, -0.05) is 15.4 Å². The minimum Gasteiger partial charge on any atom is -0.141 e. The highest BCUT2D eigenvalue weighted by molar-refractivity contribution is 8.43. The minimum atomic E-state index is 1.20. The molecule has 0 N–H and O–H groups in total. The molecule has 0 amide bonds.